The summed E-state index contributed by atoms with van der Waals surface area (Å²) >= 11 is 0. The number of nitrogens with two attached hydrogens (primary N) is 1. The second-order valence-corrected chi connectivity index (χ2v) is 8.58. The van der Waals surface area contributed by atoms with Gasteiger partial charge in [0.25, 0.3) is 5.91 Å². The highest BCUT2D eigenvalue weighted by Crippen LogP contribution is 2.40. The van der Waals surface area contributed by atoms with Crippen molar-refractivity contribution in [1.82, 2.24) is 15.4 Å². The standard InChI is InChI=1S/C23H30N4O3/c1-15-2-4-16(5-3-15)12-18(14-24)23(29)27-10-8-19(9-11-27)25-22(28)20-13-21(30-26-20)17-6-7-17/h2-5,13,17-19H,6-12,14,24H2,1H3,(H,25,28)/t18-/m1/s1. The summed E-state index contributed by atoms with van der Waals surface area (Å²) in [6.45, 7) is 3.63. The molecule has 1 saturated carbocycles. The average molecular weight is 411 g/mol. The van der Waals surface area contributed by atoms with Gasteiger partial charge in [0.2, 0.25) is 5.91 Å². The molecule has 2 amide bonds. The van der Waals surface area contributed by atoms with Crippen LogP contribution in [0.4, 0.5) is 0 Å². The largest absolute Gasteiger partial charge is 0.360 e. The zero-order valence-corrected chi connectivity index (χ0v) is 17.5. The first-order chi connectivity index (χ1) is 14.5. The van der Waals surface area contributed by atoms with Gasteiger partial charge >= 0.3 is 0 Å². The van der Waals surface area contributed by atoms with E-state index in [1.807, 2.05) is 11.8 Å². The number of amides is 2. The fraction of sp³-hybridized carbons (Fsp3) is 0.522. The molecule has 1 aliphatic heterocycles. The zero-order chi connectivity index (χ0) is 21.1. The van der Waals surface area contributed by atoms with E-state index in [0.717, 1.165) is 37.0 Å². The van der Waals surface area contributed by atoms with E-state index < -0.39 is 0 Å². The molecule has 1 atom stereocenters. The molecule has 2 heterocycles. The smallest absolute Gasteiger partial charge is 0.273 e. The highest BCUT2D eigenvalue weighted by atomic mass is 16.5. The van der Waals surface area contributed by atoms with Crippen LogP contribution in [0.1, 0.15) is 59.0 Å². The molecule has 1 saturated heterocycles. The summed E-state index contributed by atoms with van der Waals surface area (Å²) < 4.78 is 5.27. The molecule has 1 aliphatic carbocycles. The first kappa shape index (κ1) is 20.6. The third kappa shape index (κ3) is 4.90. The first-order valence-corrected chi connectivity index (χ1v) is 10.9. The van der Waals surface area contributed by atoms with Gasteiger partial charge in [-0.2, -0.15) is 0 Å². The van der Waals surface area contributed by atoms with Gasteiger partial charge in [0, 0.05) is 37.7 Å². The second-order valence-electron chi connectivity index (χ2n) is 8.58. The Kier molecular flexibility index (Phi) is 6.18. The molecule has 0 bridgehead atoms. The van der Waals surface area contributed by atoms with Crippen LogP contribution in [0.5, 0.6) is 0 Å². The minimum Gasteiger partial charge on any atom is -0.360 e. The third-order valence-corrected chi connectivity index (χ3v) is 6.12. The van der Waals surface area contributed by atoms with Crippen LogP contribution in [0, 0.1) is 12.8 Å². The van der Waals surface area contributed by atoms with Crippen molar-refractivity contribution in [3.8, 4) is 0 Å². The quantitative estimate of drug-likeness (QED) is 0.730. The van der Waals surface area contributed by atoms with Gasteiger partial charge in [0.15, 0.2) is 5.69 Å². The van der Waals surface area contributed by atoms with Crippen LogP contribution < -0.4 is 11.1 Å². The summed E-state index contributed by atoms with van der Waals surface area (Å²) in [6.07, 6.45) is 4.33. The Bertz CT molecular complexity index is 880. The van der Waals surface area contributed by atoms with Gasteiger partial charge in [-0.1, -0.05) is 35.0 Å². The van der Waals surface area contributed by atoms with Gasteiger partial charge in [-0.3, -0.25) is 9.59 Å². The number of aromatic nitrogens is 1. The summed E-state index contributed by atoms with van der Waals surface area (Å²) in [7, 11) is 0. The molecule has 3 N–H and O–H groups in total. The van der Waals surface area contributed by atoms with E-state index in [0.29, 0.717) is 37.7 Å². The normalized spacial score (nSPS) is 18.3. The number of hydrogen-bond donors (Lipinski definition) is 2. The van der Waals surface area contributed by atoms with Gasteiger partial charge in [0.1, 0.15) is 5.76 Å². The summed E-state index contributed by atoms with van der Waals surface area (Å²) in [5.74, 6) is 0.934. The molecule has 160 valence electrons. The van der Waals surface area contributed by atoms with Gasteiger partial charge < -0.3 is 20.5 Å². The predicted molar refractivity (Wildman–Crippen MR) is 113 cm³/mol. The average Bonchev–Trinajstić information content (AvgIpc) is 3.49. The van der Waals surface area contributed by atoms with E-state index >= 15 is 0 Å². The van der Waals surface area contributed by atoms with E-state index in [4.69, 9.17) is 10.3 Å². The number of benzene rings is 1. The number of aryl methyl sites for hydroxylation is 1. The lowest BCUT2D eigenvalue weighted by molar-refractivity contribution is -0.136. The van der Waals surface area contributed by atoms with Crippen molar-refractivity contribution in [2.75, 3.05) is 19.6 Å². The second kappa shape index (κ2) is 9.00. The lowest BCUT2D eigenvalue weighted by Crippen LogP contribution is -2.49. The van der Waals surface area contributed by atoms with Crippen LogP contribution in [-0.2, 0) is 11.2 Å². The van der Waals surface area contributed by atoms with Crippen LogP contribution >= 0.6 is 0 Å². The molecule has 1 aromatic carbocycles. The highest BCUT2D eigenvalue weighted by Gasteiger charge is 2.31. The van der Waals surface area contributed by atoms with Crippen LogP contribution in [0.25, 0.3) is 0 Å². The SMILES string of the molecule is Cc1ccc(C[C@H](CN)C(=O)N2CCC(NC(=O)c3cc(C4CC4)on3)CC2)cc1. The molecular weight excluding hydrogens is 380 g/mol. The van der Waals surface area contributed by atoms with Crippen molar-refractivity contribution in [3.05, 3.63) is 52.9 Å². The molecule has 0 radical (unpaired) electrons. The van der Waals surface area contributed by atoms with E-state index in [2.05, 4.69) is 34.7 Å². The molecule has 30 heavy (non-hydrogen) atoms. The number of carbonyl (C=O) groups excluding carboxylic acids is 2. The predicted octanol–water partition coefficient (Wildman–Crippen LogP) is 2.40. The van der Waals surface area contributed by atoms with Crippen molar-refractivity contribution >= 4 is 11.8 Å². The van der Waals surface area contributed by atoms with E-state index in [-0.39, 0.29) is 23.8 Å². The molecule has 7 heteroatoms. The molecule has 2 fully saturated rings. The minimum absolute atomic E-state index is 0.0380. The van der Waals surface area contributed by atoms with Crippen molar-refractivity contribution in [1.29, 1.82) is 0 Å². The number of hydrogen-bond acceptors (Lipinski definition) is 5. The number of likely N-dealkylation sites (tertiary alicyclic amines) is 1. The Morgan fingerprint density at radius 1 is 1.20 bits per heavy atom. The summed E-state index contributed by atoms with van der Waals surface area (Å²) in [5, 5.41) is 6.93. The van der Waals surface area contributed by atoms with Crippen LogP contribution in [0.15, 0.2) is 34.9 Å². The maximum atomic E-state index is 13.0. The van der Waals surface area contributed by atoms with Gasteiger partial charge in [-0.25, -0.2) is 0 Å². The molecule has 2 aromatic rings. The van der Waals surface area contributed by atoms with Crippen LogP contribution in [0.3, 0.4) is 0 Å². The number of nitrogens with zero attached hydrogens (tertiary/aromatic N) is 2. The van der Waals surface area contributed by atoms with Crippen molar-refractivity contribution in [3.63, 3.8) is 0 Å². The van der Waals surface area contributed by atoms with E-state index in [9.17, 15) is 9.59 Å². The number of piperidine rings is 1. The Morgan fingerprint density at radius 3 is 2.53 bits per heavy atom. The van der Waals surface area contributed by atoms with Gasteiger partial charge in [-0.15, -0.1) is 0 Å². The van der Waals surface area contributed by atoms with Crippen LogP contribution in [-0.4, -0.2) is 47.5 Å². The summed E-state index contributed by atoms with van der Waals surface area (Å²) in [5.41, 5.74) is 8.60. The number of rotatable bonds is 7. The lowest BCUT2D eigenvalue weighted by Gasteiger charge is -2.34. The monoisotopic (exact) mass is 410 g/mol. The maximum Gasteiger partial charge on any atom is 0.273 e. The van der Waals surface area contributed by atoms with Gasteiger partial charge in [-0.05, 0) is 44.6 Å². The lowest BCUT2D eigenvalue weighted by atomic mass is 9.95. The summed E-state index contributed by atoms with van der Waals surface area (Å²) in [6, 6.07) is 10.0. The fourth-order valence-corrected chi connectivity index (χ4v) is 4.00. The highest BCUT2D eigenvalue weighted by molar-refractivity contribution is 5.92. The third-order valence-electron chi connectivity index (χ3n) is 6.12. The van der Waals surface area contributed by atoms with Crippen molar-refractivity contribution in [2.24, 2.45) is 11.7 Å². The molecule has 7 nitrogen and oxygen atoms in total. The summed E-state index contributed by atoms with van der Waals surface area (Å²) in [4.78, 5) is 27.3. The van der Waals surface area contributed by atoms with E-state index in [1.165, 1.54) is 5.56 Å². The number of nitrogens with one attached hydrogen (secondary N) is 1. The zero-order valence-electron chi connectivity index (χ0n) is 17.5. The van der Waals surface area contributed by atoms with Gasteiger partial charge in [0.05, 0.1) is 5.92 Å². The topological polar surface area (TPSA) is 101 Å². The van der Waals surface area contributed by atoms with Crippen molar-refractivity contribution in [2.45, 2.75) is 51.0 Å². The number of carbonyl (C=O) groups is 2. The minimum atomic E-state index is -0.213. The molecule has 2 aliphatic rings. The molecule has 0 unspecified atom stereocenters. The Morgan fingerprint density at radius 2 is 1.90 bits per heavy atom. The molecule has 4 rings (SSSR count). The Balaban J connectivity index is 1.26. The Labute approximate surface area is 177 Å². The molecule has 0 spiro atoms. The fourth-order valence-electron chi connectivity index (χ4n) is 4.00. The molecule has 1 aromatic heterocycles. The maximum absolute atomic E-state index is 13.0. The van der Waals surface area contributed by atoms with E-state index in [1.54, 1.807) is 6.07 Å². The first-order valence-electron chi connectivity index (χ1n) is 10.9. The molecular formula is C23H30N4O3. The van der Waals surface area contributed by atoms with Crippen molar-refractivity contribution < 1.29 is 14.1 Å². The Hall–Kier alpha value is -2.67. The van der Waals surface area contributed by atoms with Crippen LogP contribution in [0.2, 0.25) is 0 Å².